The Morgan fingerprint density at radius 3 is 2.80 bits per heavy atom. The van der Waals surface area contributed by atoms with Crippen LogP contribution >= 0.6 is 0 Å². The smallest absolute Gasteiger partial charge is 0.217 e. The lowest BCUT2D eigenvalue weighted by atomic mass is 10.1. The van der Waals surface area contributed by atoms with Crippen molar-refractivity contribution in [2.45, 2.75) is 31.1 Å². The van der Waals surface area contributed by atoms with Crippen LogP contribution in [0.1, 0.15) is 30.4 Å². The van der Waals surface area contributed by atoms with Crippen LogP contribution < -0.4 is 0 Å². The van der Waals surface area contributed by atoms with Gasteiger partial charge in [0.2, 0.25) is 10.0 Å². The van der Waals surface area contributed by atoms with Gasteiger partial charge >= 0.3 is 0 Å². The van der Waals surface area contributed by atoms with E-state index in [1.807, 2.05) is 24.3 Å². The summed E-state index contributed by atoms with van der Waals surface area (Å²) in [7, 11) is -1.51. The molecule has 1 saturated carbocycles. The van der Waals surface area contributed by atoms with Gasteiger partial charge in [-0.05, 0) is 30.5 Å². The van der Waals surface area contributed by atoms with E-state index in [0.717, 1.165) is 24.0 Å². The highest BCUT2D eigenvalue weighted by Gasteiger charge is 2.38. The highest BCUT2D eigenvalue weighted by molar-refractivity contribution is 7.90. The van der Waals surface area contributed by atoms with Crippen LogP contribution in [-0.4, -0.2) is 36.7 Å². The van der Waals surface area contributed by atoms with Crippen molar-refractivity contribution in [2.75, 3.05) is 13.7 Å². The summed E-state index contributed by atoms with van der Waals surface area (Å²) in [5.74, 6) is 5.81. The summed E-state index contributed by atoms with van der Waals surface area (Å²) in [6, 6.07) is 7.54. The first-order valence-corrected chi connectivity index (χ1v) is 8.18. The molecule has 0 aromatic heterocycles. The van der Waals surface area contributed by atoms with Gasteiger partial charge in [-0.3, -0.25) is 0 Å². The third-order valence-corrected chi connectivity index (χ3v) is 5.49. The molecule has 1 fully saturated rings. The van der Waals surface area contributed by atoms with Crippen LogP contribution in [0.2, 0.25) is 0 Å². The minimum atomic E-state index is -3.13. The van der Waals surface area contributed by atoms with Crippen molar-refractivity contribution in [1.29, 1.82) is 0 Å². The zero-order valence-corrected chi connectivity index (χ0v) is 12.4. The Morgan fingerprint density at radius 1 is 1.40 bits per heavy atom. The van der Waals surface area contributed by atoms with Gasteiger partial charge in [-0.25, -0.2) is 12.7 Å². The lowest BCUT2D eigenvalue weighted by Crippen LogP contribution is -2.29. The van der Waals surface area contributed by atoms with Crippen molar-refractivity contribution in [3.05, 3.63) is 35.4 Å². The first kappa shape index (κ1) is 15.0. The third-order valence-electron chi connectivity index (χ3n) is 3.18. The number of aliphatic hydroxyl groups excluding tert-OH is 1. The molecule has 0 heterocycles. The van der Waals surface area contributed by atoms with Crippen LogP contribution in [0.25, 0.3) is 0 Å². The van der Waals surface area contributed by atoms with E-state index in [2.05, 4.69) is 11.8 Å². The zero-order chi connectivity index (χ0) is 14.6. The standard InChI is InChI=1S/C15H19NO3S/c1-16(20(18,19)15-8-9-15)12-14-7-4-6-13(11-14)5-2-3-10-17/h4,6-7,11,15,17H,3,8-10,12H2,1H3. The lowest BCUT2D eigenvalue weighted by molar-refractivity contribution is 0.305. The van der Waals surface area contributed by atoms with Gasteiger partial charge in [-0.1, -0.05) is 24.0 Å². The summed E-state index contributed by atoms with van der Waals surface area (Å²) in [5.41, 5.74) is 1.76. The Hall–Kier alpha value is -1.35. The third kappa shape index (κ3) is 3.83. The second kappa shape index (κ2) is 6.40. The van der Waals surface area contributed by atoms with Gasteiger partial charge < -0.3 is 5.11 Å². The molecule has 1 aromatic carbocycles. The summed E-state index contributed by atoms with van der Waals surface area (Å²) in [5, 5.41) is 8.51. The van der Waals surface area contributed by atoms with Gasteiger partial charge in [0, 0.05) is 25.6 Å². The number of benzene rings is 1. The molecule has 0 atom stereocenters. The number of hydrogen-bond acceptors (Lipinski definition) is 3. The molecule has 0 radical (unpaired) electrons. The maximum absolute atomic E-state index is 12.1. The van der Waals surface area contributed by atoms with Crippen molar-refractivity contribution in [3.63, 3.8) is 0 Å². The van der Waals surface area contributed by atoms with E-state index in [1.54, 1.807) is 7.05 Å². The van der Waals surface area contributed by atoms with Gasteiger partial charge in [0.1, 0.15) is 0 Å². The van der Waals surface area contributed by atoms with E-state index in [1.165, 1.54) is 4.31 Å². The molecular weight excluding hydrogens is 274 g/mol. The second-order valence-electron chi connectivity index (χ2n) is 4.98. The van der Waals surface area contributed by atoms with Crippen LogP contribution in [-0.2, 0) is 16.6 Å². The molecule has 0 amide bonds. The molecule has 0 unspecified atom stereocenters. The van der Waals surface area contributed by atoms with Crippen molar-refractivity contribution in [2.24, 2.45) is 0 Å². The molecule has 0 saturated heterocycles. The monoisotopic (exact) mass is 293 g/mol. The number of hydrogen-bond donors (Lipinski definition) is 1. The molecule has 1 aliphatic rings. The molecule has 0 spiro atoms. The van der Waals surface area contributed by atoms with E-state index in [4.69, 9.17) is 5.11 Å². The van der Waals surface area contributed by atoms with Crippen LogP contribution in [0.15, 0.2) is 24.3 Å². The molecule has 108 valence electrons. The van der Waals surface area contributed by atoms with Crippen LogP contribution in [0.4, 0.5) is 0 Å². The predicted octanol–water partition coefficient (Wildman–Crippen LogP) is 1.34. The highest BCUT2D eigenvalue weighted by atomic mass is 32.2. The van der Waals surface area contributed by atoms with Gasteiger partial charge in [-0.15, -0.1) is 0 Å². The Kier molecular flexibility index (Phi) is 4.81. The van der Waals surface area contributed by atoms with Crippen molar-refractivity contribution in [1.82, 2.24) is 4.31 Å². The quantitative estimate of drug-likeness (QED) is 0.834. The molecular formula is C15H19NO3S. The normalized spacial score (nSPS) is 14.9. The minimum absolute atomic E-state index is 0.0507. The average Bonchev–Trinajstić information content (AvgIpc) is 3.24. The molecule has 1 aromatic rings. The molecule has 4 nitrogen and oxygen atoms in total. The van der Waals surface area contributed by atoms with Crippen molar-refractivity contribution >= 4 is 10.0 Å². The van der Waals surface area contributed by atoms with Crippen molar-refractivity contribution in [3.8, 4) is 11.8 Å². The lowest BCUT2D eigenvalue weighted by Gasteiger charge is -2.16. The van der Waals surface area contributed by atoms with Gasteiger partial charge in [0.15, 0.2) is 0 Å². The van der Waals surface area contributed by atoms with Gasteiger partial charge in [0.05, 0.1) is 11.9 Å². The summed E-state index contributed by atoms with van der Waals surface area (Å²) >= 11 is 0. The van der Waals surface area contributed by atoms with Crippen LogP contribution in [0.3, 0.4) is 0 Å². The molecule has 2 rings (SSSR count). The average molecular weight is 293 g/mol. The summed E-state index contributed by atoms with van der Waals surface area (Å²) in [6.07, 6.45) is 2.00. The van der Waals surface area contributed by atoms with E-state index < -0.39 is 10.0 Å². The summed E-state index contributed by atoms with van der Waals surface area (Å²) in [4.78, 5) is 0. The van der Waals surface area contributed by atoms with E-state index in [9.17, 15) is 8.42 Å². The zero-order valence-electron chi connectivity index (χ0n) is 11.5. The number of nitrogens with zero attached hydrogens (tertiary/aromatic N) is 1. The maximum Gasteiger partial charge on any atom is 0.217 e. The van der Waals surface area contributed by atoms with E-state index in [-0.39, 0.29) is 11.9 Å². The Morgan fingerprint density at radius 2 is 2.15 bits per heavy atom. The fourth-order valence-electron chi connectivity index (χ4n) is 1.94. The van der Waals surface area contributed by atoms with Crippen LogP contribution in [0.5, 0.6) is 0 Å². The fourth-order valence-corrected chi connectivity index (χ4v) is 3.51. The number of rotatable bonds is 5. The molecule has 5 heteroatoms. The Bertz CT molecular complexity index is 624. The summed E-state index contributed by atoms with van der Waals surface area (Å²) in [6.45, 7) is 0.420. The molecule has 1 aliphatic carbocycles. The summed E-state index contributed by atoms with van der Waals surface area (Å²) < 4.78 is 25.5. The first-order valence-electron chi connectivity index (χ1n) is 6.68. The van der Waals surface area contributed by atoms with E-state index in [0.29, 0.717) is 13.0 Å². The topological polar surface area (TPSA) is 57.6 Å². The second-order valence-corrected chi connectivity index (χ2v) is 7.30. The number of aliphatic hydroxyl groups is 1. The van der Waals surface area contributed by atoms with Gasteiger partial charge in [0.25, 0.3) is 0 Å². The largest absolute Gasteiger partial charge is 0.395 e. The molecule has 1 N–H and O–H groups in total. The molecule has 20 heavy (non-hydrogen) atoms. The SMILES string of the molecule is CN(Cc1cccc(C#CCCO)c1)S(=O)(=O)C1CC1. The highest BCUT2D eigenvalue weighted by Crippen LogP contribution is 2.30. The Labute approximate surface area is 120 Å². The molecule has 0 bridgehead atoms. The minimum Gasteiger partial charge on any atom is -0.395 e. The maximum atomic E-state index is 12.1. The van der Waals surface area contributed by atoms with Crippen molar-refractivity contribution < 1.29 is 13.5 Å². The number of sulfonamides is 1. The fraction of sp³-hybridized carbons (Fsp3) is 0.467. The van der Waals surface area contributed by atoms with Gasteiger partial charge in [-0.2, -0.15) is 0 Å². The Balaban J connectivity index is 2.06. The first-order chi connectivity index (χ1) is 9.54. The molecule has 0 aliphatic heterocycles. The van der Waals surface area contributed by atoms with Crippen LogP contribution in [0, 0.1) is 11.8 Å². The van der Waals surface area contributed by atoms with E-state index >= 15 is 0 Å². The predicted molar refractivity (Wildman–Crippen MR) is 78.4 cm³/mol.